The minimum atomic E-state index is -3.69. The van der Waals surface area contributed by atoms with E-state index in [1.165, 1.54) is 0 Å². The molecule has 32 heavy (non-hydrogen) atoms. The van der Waals surface area contributed by atoms with Gasteiger partial charge in [-0.3, -0.25) is 14.5 Å². The molecule has 0 saturated heterocycles. The van der Waals surface area contributed by atoms with Crippen LogP contribution in [0.1, 0.15) is 24.6 Å². The Morgan fingerprint density at radius 3 is 2.28 bits per heavy atom. The minimum absolute atomic E-state index is 0.109. The summed E-state index contributed by atoms with van der Waals surface area (Å²) in [7, 11) is -3.69. The third-order valence-electron chi connectivity index (χ3n) is 5.90. The number of carbonyl (C=O) groups is 2. The fraction of sp³-hybridized carbons (Fsp3) is 0.167. The number of carbonyl (C=O) groups excluding carboxylic acids is 2. The molecule has 0 aliphatic carbocycles. The third-order valence-corrected chi connectivity index (χ3v) is 7.44. The lowest BCUT2D eigenvalue weighted by Crippen LogP contribution is -2.45. The second kappa shape index (κ2) is 7.20. The summed E-state index contributed by atoms with van der Waals surface area (Å²) < 4.78 is 24.9. The van der Waals surface area contributed by atoms with E-state index in [9.17, 15) is 18.0 Å². The van der Waals surface area contributed by atoms with Crippen molar-refractivity contribution in [1.29, 1.82) is 0 Å². The van der Waals surface area contributed by atoms with Crippen LogP contribution in [0.3, 0.4) is 0 Å². The van der Waals surface area contributed by atoms with E-state index in [-0.39, 0.29) is 17.6 Å². The predicted octanol–water partition coefficient (Wildman–Crippen LogP) is 3.71. The summed E-state index contributed by atoms with van der Waals surface area (Å²) in [5, 5.41) is 0.443. The minimum Gasteiger partial charge on any atom is -0.361 e. The number of hydrogen-bond donors (Lipinski definition) is 2. The highest BCUT2D eigenvalue weighted by Crippen LogP contribution is 2.40. The Kier molecular flexibility index (Phi) is 4.56. The van der Waals surface area contributed by atoms with Gasteiger partial charge in [0.1, 0.15) is 5.37 Å². The smallest absolute Gasteiger partial charge is 0.264 e. The van der Waals surface area contributed by atoms with Gasteiger partial charge in [-0.2, -0.15) is 0 Å². The van der Waals surface area contributed by atoms with Crippen molar-refractivity contribution in [2.45, 2.75) is 18.7 Å². The number of amides is 2. The van der Waals surface area contributed by atoms with Crippen molar-refractivity contribution in [3.05, 3.63) is 72.1 Å². The highest BCUT2D eigenvalue weighted by molar-refractivity contribution is 7.91. The van der Waals surface area contributed by atoms with E-state index in [1.807, 2.05) is 54.6 Å². The topological polar surface area (TPSA) is 103 Å². The van der Waals surface area contributed by atoms with E-state index in [0.29, 0.717) is 11.3 Å². The average molecular weight is 448 g/mol. The Bertz CT molecular complexity index is 1510. The van der Waals surface area contributed by atoms with Crippen LogP contribution in [0.4, 0.5) is 0 Å². The molecule has 0 radical (unpaired) electrons. The number of fused-ring (bicyclic) bond motifs is 2. The SMILES string of the molecule is CCC(N1C(=O)C(c2cc3ccccc3[nH]2)=C(c2c[nH]c3ccccc23)C1=O)S(C)(=O)=O. The second-order valence-corrected chi connectivity index (χ2v) is 10.1. The highest BCUT2D eigenvalue weighted by Gasteiger charge is 2.46. The van der Waals surface area contributed by atoms with Crippen molar-refractivity contribution >= 4 is 54.6 Å². The molecule has 0 fully saturated rings. The zero-order valence-corrected chi connectivity index (χ0v) is 18.4. The van der Waals surface area contributed by atoms with Crippen LogP contribution >= 0.6 is 0 Å². The van der Waals surface area contributed by atoms with Crippen molar-refractivity contribution in [2.24, 2.45) is 0 Å². The Balaban J connectivity index is 1.79. The summed E-state index contributed by atoms with van der Waals surface area (Å²) in [6, 6.07) is 16.9. The van der Waals surface area contributed by atoms with Crippen LogP contribution in [0.15, 0.2) is 60.8 Å². The molecule has 3 heterocycles. The standard InChI is InChI=1S/C24H21N3O4S/c1-3-20(32(2,30)31)27-23(28)21(16-13-25-18-11-7-5-9-15(16)18)22(24(27)29)19-12-14-8-4-6-10-17(14)26-19/h4-13,20,25-26H,3H2,1-2H3. The van der Waals surface area contributed by atoms with Gasteiger partial charge in [-0.15, -0.1) is 0 Å². The van der Waals surface area contributed by atoms with Crippen molar-refractivity contribution in [2.75, 3.05) is 6.26 Å². The first-order valence-electron chi connectivity index (χ1n) is 10.3. The number of imide groups is 1. The van der Waals surface area contributed by atoms with E-state index in [2.05, 4.69) is 9.97 Å². The molecule has 1 atom stereocenters. The zero-order chi connectivity index (χ0) is 22.6. The van der Waals surface area contributed by atoms with Gasteiger partial charge >= 0.3 is 0 Å². The lowest BCUT2D eigenvalue weighted by Gasteiger charge is -2.24. The zero-order valence-electron chi connectivity index (χ0n) is 17.5. The monoisotopic (exact) mass is 447 g/mol. The van der Waals surface area contributed by atoms with Crippen LogP contribution < -0.4 is 0 Å². The van der Waals surface area contributed by atoms with Gasteiger partial charge in [-0.1, -0.05) is 43.3 Å². The van der Waals surface area contributed by atoms with Gasteiger partial charge in [0.25, 0.3) is 11.8 Å². The number of nitrogens with zero attached hydrogens (tertiary/aromatic N) is 1. The number of para-hydroxylation sites is 2. The summed E-state index contributed by atoms with van der Waals surface area (Å²) in [5.41, 5.74) is 3.07. The maximum atomic E-state index is 13.7. The third kappa shape index (κ3) is 2.98. The fourth-order valence-corrected chi connectivity index (χ4v) is 5.65. The first-order chi connectivity index (χ1) is 15.3. The number of H-pyrrole nitrogens is 2. The Labute approximate surface area is 184 Å². The second-order valence-electron chi connectivity index (χ2n) is 7.94. The van der Waals surface area contributed by atoms with E-state index < -0.39 is 27.0 Å². The lowest BCUT2D eigenvalue weighted by atomic mass is 9.99. The molecule has 5 rings (SSSR count). The van der Waals surface area contributed by atoms with Gasteiger partial charge in [0, 0.05) is 39.8 Å². The Morgan fingerprint density at radius 2 is 1.59 bits per heavy atom. The maximum absolute atomic E-state index is 13.7. The largest absolute Gasteiger partial charge is 0.361 e. The van der Waals surface area contributed by atoms with Crippen LogP contribution in [-0.2, 0) is 19.4 Å². The molecular formula is C24H21N3O4S. The van der Waals surface area contributed by atoms with Crippen LogP contribution in [0.25, 0.3) is 33.0 Å². The molecule has 1 aliphatic heterocycles. The number of hydrogen-bond acceptors (Lipinski definition) is 4. The van der Waals surface area contributed by atoms with Crippen LogP contribution in [0.2, 0.25) is 0 Å². The normalized spacial score (nSPS) is 16.0. The number of aromatic amines is 2. The lowest BCUT2D eigenvalue weighted by molar-refractivity contribution is -0.137. The Morgan fingerprint density at radius 1 is 0.938 bits per heavy atom. The van der Waals surface area contributed by atoms with Gasteiger partial charge in [0.2, 0.25) is 0 Å². The Hall–Kier alpha value is -3.65. The summed E-state index contributed by atoms with van der Waals surface area (Å²) in [6.45, 7) is 1.65. The highest BCUT2D eigenvalue weighted by atomic mass is 32.2. The van der Waals surface area contributed by atoms with Gasteiger partial charge in [-0.05, 0) is 24.6 Å². The van der Waals surface area contributed by atoms with Crippen LogP contribution in [-0.4, -0.2) is 46.7 Å². The molecule has 162 valence electrons. The predicted molar refractivity (Wildman–Crippen MR) is 124 cm³/mol. The molecule has 2 N–H and O–H groups in total. The number of rotatable bonds is 5. The van der Waals surface area contributed by atoms with Gasteiger partial charge in [0.05, 0.1) is 16.8 Å². The van der Waals surface area contributed by atoms with Crippen molar-refractivity contribution in [3.8, 4) is 0 Å². The maximum Gasteiger partial charge on any atom is 0.264 e. The number of sulfone groups is 1. The molecule has 2 aromatic carbocycles. The first kappa shape index (κ1) is 20.3. The van der Waals surface area contributed by atoms with E-state index in [0.717, 1.165) is 33.0 Å². The molecule has 1 unspecified atom stereocenters. The van der Waals surface area contributed by atoms with Gasteiger partial charge in [0.15, 0.2) is 9.84 Å². The van der Waals surface area contributed by atoms with Crippen LogP contribution in [0.5, 0.6) is 0 Å². The van der Waals surface area contributed by atoms with Crippen molar-refractivity contribution in [1.82, 2.24) is 14.9 Å². The van der Waals surface area contributed by atoms with Crippen LogP contribution in [0, 0.1) is 0 Å². The number of aromatic nitrogens is 2. The van der Waals surface area contributed by atoms with E-state index in [4.69, 9.17) is 0 Å². The van der Waals surface area contributed by atoms with Crippen molar-refractivity contribution < 1.29 is 18.0 Å². The first-order valence-corrected chi connectivity index (χ1v) is 12.2. The number of nitrogens with one attached hydrogen (secondary N) is 2. The molecule has 0 saturated carbocycles. The molecule has 4 aromatic rings. The summed E-state index contributed by atoms with van der Waals surface area (Å²) >= 11 is 0. The van der Waals surface area contributed by atoms with Gasteiger partial charge < -0.3 is 9.97 Å². The van der Waals surface area contributed by atoms with E-state index in [1.54, 1.807) is 13.1 Å². The molecule has 0 bridgehead atoms. The van der Waals surface area contributed by atoms with Crippen molar-refractivity contribution in [3.63, 3.8) is 0 Å². The summed E-state index contributed by atoms with van der Waals surface area (Å²) in [6.07, 6.45) is 2.85. The van der Waals surface area contributed by atoms with E-state index >= 15 is 0 Å². The fourth-order valence-electron chi connectivity index (χ4n) is 4.47. The molecule has 0 spiro atoms. The molecule has 8 heteroatoms. The average Bonchev–Trinajstić information content (AvgIpc) is 3.43. The van der Waals surface area contributed by atoms with Gasteiger partial charge in [-0.25, -0.2) is 8.42 Å². The summed E-state index contributed by atoms with van der Waals surface area (Å²) in [4.78, 5) is 34.6. The molecule has 2 aromatic heterocycles. The molecule has 7 nitrogen and oxygen atoms in total. The summed E-state index contributed by atoms with van der Waals surface area (Å²) in [5.74, 6) is -1.22. The molecular weight excluding hydrogens is 426 g/mol. The molecule has 1 aliphatic rings. The quantitative estimate of drug-likeness (QED) is 0.455. The number of benzene rings is 2. The molecule has 2 amide bonds.